The lowest BCUT2D eigenvalue weighted by molar-refractivity contribution is -0.122. The quantitative estimate of drug-likeness (QED) is 0.619. The fourth-order valence-electron chi connectivity index (χ4n) is 2.31. The third kappa shape index (κ3) is 3.63. The van der Waals surface area contributed by atoms with Crippen molar-refractivity contribution in [1.29, 1.82) is 0 Å². The molecule has 1 saturated heterocycles. The van der Waals surface area contributed by atoms with Gasteiger partial charge in [-0.3, -0.25) is 9.69 Å². The average molecular weight is 340 g/mol. The van der Waals surface area contributed by atoms with Gasteiger partial charge in [0.25, 0.3) is 5.91 Å². The Morgan fingerprint density at radius 1 is 1.09 bits per heavy atom. The van der Waals surface area contributed by atoms with Crippen LogP contribution in [0.5, 0.6) is 0 Å². The molecule has 0 atom stereocenters. The summed E-state index contributed by atoms with van der Waals surface area (Å²) < 4.78 is 0.603. The zero-order valence-corrected chi connectivity index (χ0v) is 14.3. The van der Waals surface area contributed by atoms with E-state index in [0.717, 1.165) is 11.3 Å². The molecule has 1 fully saturated rings. The maximum atomic E-state index is 12.6. The first-order valence-corrected chi connectivity index (χ1v) is 8.45. The summed E-state index contributed by atoms with van der Waals surface area (Å²) >= 11 is 6.72. The molecule has 0 spiro atoms. The Bertz CT molecular complexity index is 744. The summed E-state index contributed by atoms with van der Waals surface area (Å²) in [5.41, 5.74) is 2.10. The second-order valence-corrected chi connectivity index (χ2v) is 6.86. The fraction of sp³-hybridized carbons (Fsp3) is 0.111. The predicted octanol–water partition coefficient (Wildman–Crippen LogP) is 4.02. The molecule has 3 rings (SSSR count). The zero-order chi connectivity index (χ0) is 16.2. The highest BCUT2D eigenvalue weighted by molar-refractivity contribution is 8.26. The lowest BCUT2D eigenvalue weighted by Gasteiger charge is -2.15. The van der Waals surface area contributed by atoms with Gasteiger partial charge in [0.1, 0.15) is 4.32 Å². The van der Waals surface area contributed by atoms with Crippen LogP contribution >= 0.6 is 24.0 Å². The van der Waals surface area contributed by atoms with E-state index in [1.54, 1.807) is 4.90 Å². The van der Waals surface area contributed by atoms with Gasteiger partial charge in [0.15, 0.2) is 0 Å². The molecule has 0 bridgehead atoms. The summed E-state index contributed by atoms with van der Waals surface area (Å²) in [7, 11) is 1.93. The monoisotopic (exact) mass is 340 g/mol. The van der Waals surface area contributed by atoms with Crippen LogP contribution in [0.2, 0.25) is 0 Å². The Morgan fingerprint density at radius 2 is 1.70 bits per heavy atom. The number of thioether (sulfide) groups is 1. The highest BCUT2D eigenvalue weighted by Crippen LogP contribution is 2.32. The van der Waals surface area contributed by atoms with Gasteiger partial charge in [-0.25, -0.2) is 0 Å². The third-order valence-corrected chi connectivity index (χ3v) is 4.90. The van der Waals surface area contributed by atoms with E-state index in [1.807, 2.05) is 78.8 Å². The maximum Gasteiger partial charge on any atom is 0.267 e. The van der Waals surface area contributed by atoms with Gasteiger partial charge in [0, 0.05) is 18.9 Å². The zero-order valence-electron chi connectivity index (χ0n) is 12.7. The van der Waals surface area contributed by atoms with Gasteiger partial charge in [-0.2, -0.15) is 0 Å². The van der Waals surface area contributed by atoms with Crippen molar-refractivity contribution < 1.29 is 4.79 Å². The summed E-state index contributed by atoms with van der Waals surface area (Å²) in [6.07, 6.45) is 1.85. The molecule has 0 saturated carbocycles. The van der Waals surface area contributed by atoms with Gasteiger partial charge in [0.2, 0.25) is 0 Å². The Balaban J connectivity index is 1.77. The van der Waals surface area contributed by atoms with Crippen molar-refractivity contribution in [1.82, 2.24) is 4.90 Å². The van der Waals surface area contributed by atoms with Crippen LogP contribution in [-0.4, -0.2) is 22.2 Å². The molecule has 2 aromatic carbocycles. The third-order valence-electron chi connectivity index (χ3n) is 3.53. The predicted molar refractivity (Wildman–Crippen MR) is 100 cm³/mol. The van der Waals surface area contributed by atoms with Crippen molar-refractivity contribution in [2.75, 3.05) is 11.9 Å². The maximum absolute atomic E-state index is 12.6. The van der Waals surface area contributed by atoms with Crippen molar-refractivity contribution in [3.8, 4) is 0 Å². The molecule has 0 aliphatic carbocycles. The van der Waals surface area contributed by atoms with Gasteiger partial charge in [-0.1, -0.05) is 72.5 Å². The van der Waals surface area contributed by atoms with Crippen LogP contribution in [0.3, 0.4) is 0 Å². The minimum atomic E-state index is -0.0355. The number of rotatable bonds is 4. The van der Waals surface area contributed by atoms with Crippen molar-refractivity contribution in [2.45, 2.75) is 6.54 Å². The topological polar surface area (TPSA) is 23.6 Å². The number of carbonyl (C=O) groups is 1. The molecular formula is C18H16N2OS2. The molecule has 0 radical (unpaired) electrons. The normalized spacial score (nSPS) is 16.2. The van der Waals surface area contributed by atoms with E-state index in [9.17, 15) is 4.79 Å². The van der Waals surface area contributed by atoms with E-state index < -0.39 is 0 Å². The Hall–Kier alpha value is -2.11. The van der Waals surface area contributed by atoms with Gasteiger partial charge in [0.05, 0.1) is 11.4 Å². The van der Waals surface area contributed by atoms with Crippen LogP contribution < -0.4 is 4.90 Å². The standard InChI is InChI=1S/C18H16N2OS2/c1-19(15-10-6-3-7-11-15)13-16-17(21)20(18(22)23-16)12-14-8-4-2-5-9-14/h2-11,13H,12H2,1H3/b16-13-. The highest BCUT2D eigenvalue weighted by Gasteiger charge is 2.32. The van der Waals surface area contributed by atoms with Crippen LogP contribution in [0.4, 0.5) is 5.69 Å². The minimum absolute atomic E-state index is 0.0355. The number of benzene rings is 2. The van der Waals surface area contributed by atoms with Gasteiger partial charge < -0.3 is 4.90 Å². The summed E-state index contributed by atoms with van der Waals surface area (Å²) in [6, 6.07) is 19.8. The first-order valence-electron chi connectivity index (χ1n) is 7.22. The Kier molecular flexibility index (Phi) is 4.79. The second kappa shape index (κ2) is 6.98. The van der Waals surface area contributed by atoms with Crippen molar-refractivity contribution in [3.05, 3.63) is 77.3 Å². The summed E-state index contributed by atoms with van der Waals surface area (Å²) in [5, 5.41) is 0. The molecule has 1 aliphatic rings. The van der Waals surface area contributed by atoms with Gasteiger partial charge >= 0.3 is 0 Å². The van der Waals surface area contributed by atoms with Crippen LogP contribution in [0.1, 0.15) is 5.56 Å². The lowest BCUT2D eigenvalue weighted by Crippen LogP contribution is -2.27. The minimum Gasteiger partial charge on any atom is -0.350 e. The number of para-hydroxylation sites is 1. The van der Waals surface area contributed by atoms with Crippen LogP contribution in [0.25, 0.3) is 0 Å². The first-order chi connectivity index (χ1) is 11.1. The van der Waals surface area contributed by atoms with E-state index in [-0.39, 0.29) is 5.91 Å². The molecule has 1 amide bonds. The van der Waals surface area contributed by atoms with Gasteiger partial charge in [-0.05, 0) is 17.7 Å². The van der Waals surface area contributed by atoms with Gasteiger partial charge in [-0.15, -0.1) is 0 Å². The summed E-state index contributed by atoms with van der Waals surface area (Å²) in [6.45, 7) is 0.512. The second-order valence-electron chi connectivity index (χ2n) is 5.18. The fourth-order valence-corrected chi connectivity index (χ4v) is 3.58. The summed E-state index contributed by atoms with van der Waals surface area (Å²) in [5.74, 6) is -0.0355. The number of nitrogens with zero attached hydrogens (tertiary/aromatic N) is 2. The van der Waals surface area contributed by atoms with E-state index in [2.05, 4.69) is 0 Å². The summed E-state index contributed by atoms with van der Waals surface area (Å²) in [4.78, 5) is 16.9. The molecule has 1 aliphatic heterocycles. The van der Waals surface area contributed by atoms with E-state index in [0.29, 0.717) is 15.8 Å². The molecule has 5 heteroatoms. The average Bonchev–Trinajstić information content (AvgIpc) is 2.84. The number of amides is 1. The van der Waals surface area contributed by atoms with Crippen molar-refractivity contribution in [2.24, 2.45) is 0 Å². The Labute approximate surface area is 145 Å². The van der Waals surface area contributed by atoms with Crippen LogP contribution in [0, 0.1) is 0 Å². The van der Waals surface area contributed by atoms with Crippen LogP contribution in [0.15, 0.2) is 71.8 Å². The number of thiocarbonyl (C=S) groups is 1. The first kappa shape index (κ1) is 15.8. The number of hydrogen-bond acceptors (Lipinski definition) is 4. The molecule has 3 nitrogen and oxygen atoms in total. The molecule has 116 valence electrons. The molecule has 1 heterocycles. The highest BCUT2D eigenvalue weighted by atomic mass is 32.2. The molecule has 0 aromatic heterocycles. The number of hydrogen-bond donors (Lipinski definition) is 0. The molecular weight excluding hydrogens is 324 g/mol. The number of anilines is 1. The molecule has 0 unspecified atom stereocenters. The van der Waals surface area contributed by atoms with E-state index >= 15 is 0 Å². The van der Waals surface area contributed by atoms with Crippen molar-refractivity contribution in [3.63, 3.8) is 0 Å². The van der Waals surface area contributed by atoms with Crippen molar-refractivity contribution >= 4 is 39.9 Å². The molecule has 2 aromatic rings. The SMILES string of the molecule is CN(/C=C1\SC(=S)N(Cc2ccccc2)C1=O)c1ccccc1. The van der Waals surface area contributed by atoms with E-state index in [4.69, 9.17) is 12.2 Å². The molecule has 23 heavy (non-hydrogen) atoms. The van der Waals surface area contributed by atoms with E-state index in [1.165, 1.54) is 11.8 Å². The smallest absolute Gasteiger partial charge is 0.267 e. The largest absolute Gasteiger partial charge is 0.350 e. The Morgan fingerprint density at radius 3 is 2.35 bits per heavy atom. The lowest BCUT2D eigenvalue weighted by atomic mass is 10.2. The number of carbonyl (C=O) groups excluding carboxylic acids is 1. The van der Waals surface area contributed by atoms with Crippen LogP contribution in [-0.2, 0) is 11.3 Å². The molecule has 0 N–H and O–H groups in total.